The Morgan fingerprint density at radius 2 is 1.50 bits per heavy atom. The Kier molecular flexibility index (Phi) is 6.34. The van der Waals surface area contributed by atoms with Crippen LogP contribution in [0.3, 0.4) is 0 Å². The van der Waals surface area contributed by atoms with Crippen LogP contribution in [0.1, 0.15) is 10.4 Å². The number of halogens is 1. The van der Waals surface area contributed by atoms with Crippen molar-refractivity contribution < 1.29 is 36.6 Å². The maximum Gasteiger partial charge on any atom is 0.340 e. The summed E-state index contributed by atoms with van der Waals surface area (Å²) in [5, 5.41) is 0. The summed E-state index contributed by atoms with van der Waals surface area (Å²) >= 11 is 0. The van der Waals surface area contributed by atoms with E-state index in [9.17, 15) is 17.6 Å². The molecule has 0 aliphatic rings. The van der Waals surface area contributed by atoms with Crippen LogP contribution in [0.15, 0.2) is 35.2 Å². The van der Waals surface area contributed by atoms with Crippen LogP contribution in [0.5, 0.6) is 17.2 Å². The van der Waals surface area contributed by atoms with Gasteiger partial charge in [0.05, 0.1) is 44.6 Å². The molecule has 0 bridgehead atoms. The molecule has 28 heavy (non-hydrogen) atoms. The van der Waals surface area contributed by atoms with Crippen molar-refractivity contribution in [3.8, 4) is 17.2 Å². The summed E-state index contributed by atoms with van der Waals surface area (Å²) in [5.74, 6) is -1.29. The van der Waals surface area contributed by atoms with Gasteiger partial charge in [-0.15, -0.1) is 0 Å². The third-order valence-corrected chi connectivity index (χ3v) is 5.80. The van der Waals surface area contributed by atoms with E-state index in [1.54, 1.807) is 0 Å². The average Bonchev–Trinajstić information content (AvgIpc) is 2.71. The lowest BCUT2D eigenvalue weighted by molar-refractivity contribution is 0.0601. The Morgan fingerprint density at radius 1 is 0.929 bits per heavy atom. The fraction of sp³-hybridized carbons (Fsp3) is 0.278. The van der Waals surface area contributed by atoms with E-state index in [0.717, 1.165) is 17.5 Å². The third-order valence-electron chi connectivity index (χ3n) is 4.03. The lowest BCUT2D eigenvalue weighted by atomic mass is 10.1. The number of hydrogen-bond donors (Lipinski definition) is 0. The first-order valence-corrected chi connectivity index (χ1v) is 9.32. The van der Waals surface area contributed by atoms with Crippen molar-refractivity contribution in [3.05, 3.63) is 41.7 Å². The van der Waals surface area contributed by atoms with Crippen molar-refractivity contribution in [2.24, 2.45) is 0 Å². The lowest BCUT2D eigenvalue weighted by Crippen LogP contribution is -2.28. The van der Waals surface area contributed by atoms with Crippen LogP contribution in [-0.2, 0) is 14.8 Å². The number of rotatable bonds is 7. The minimum Gasteiger partial charge on any atom is -0.494 e. The Morgan fingerprint density at radius 3 is 2.00 bits per heavy atom. The minimum absolute atomic E-state index is 0.0271. The molecule has 2 aromatic rings. The molecule has 2 aromatic carbocycles. The normalized spacial score (nSPS) is 10.9. The van der Waals surface area contributed by atoms with Crippen LogP contribution in [-0.4, -0.2) is 49.9 Å². The first-order valence-electron chi connectivity index (χ1n) is 7.88. The van der Waals surface area contributed by atoms with Crippen LogP contribution in [0.4, 0.5) is 10.1 Å². The molecule has 10 heteroatoms. The van der Waals surface area contributed by atoms with Crippen molar-refractivity contribution in [2.45, 2.75) is 4.90 Å². The van der Waals surface area contributed by atoms with Gasteiger partial charge in [0, 0.05) is 19.2 Å². The van der Waals surface area contributed by atoms with E-state index in [1.807, 2.05) is 0 Å². The van der Waals surface area contributed by atoms with E-state index in [0.29, 0.717) is 0 Å². The number of methoxy groups -OCH3 is 4. The summed E-state index contributed by atoms with van der Waals surface area (Å²) in [6.45, 7) is 0. The van der Waals surface area contributed by atoms with Crippen LogP contribution < -0.4 is 18.5 Å². The number of nitrogens with zero attached hydrogens (tertiary/aromatic N) is 1. The highest BCUT2D eigenvalue weighted by Crippen LogP contribution is 2.37. The molecule has 0 spiro atoms. The summed E-state index contributed by atoms with van der Waals surface area (Å²) in [5.41, 5.74) is -0.0964. The maximum atomic E-state index is 14.0. The Bertz CT molecular complexity index is 992. The Labute approximate surface area is 162 Å². The van der Waals surface area contributed by atoms with Gasteiger partial charge in [-0.1, -0.05) is 0 Å². The Balaban J connectivity index is 2.65. The van der Waals surface area contributed by atoms with Gasteiger partial charge in [0.25, 0.3) is 10.0 Å². The molecule has 0 atom stereocenters. The average molecular weight is 413 g/mol. The molecule has 152 valence electrons. The van der Waals surface area contributed by atoms with Crippen molar-refractivity contribution in [1.82, 2.24) is 0 Å². The smallest absolute Gasteiger partial charge is 0.340 e. The summed E-state index contributed by atoms with van der Waals surface area (Å²) in [4.78, 5) is 11.9. The predicted molar refractivity (Wildman–Crippen MR) is 99.4 cm³/mol. The molecule has 0 N–H and O–H groups in total. The summed E-state index contributed by atoms with van der Waals surface area (Å²) in [7, 11) is 2.19. The van der Waals surface area contributed by atoms with Crippen LogP contribution in [0, 0.1) is 5.82 Å². The molecule has 0 unspecified atom stereocenters. The molecule has 0 aromatic heterocycles. The predicted octanol–water partition coefficient (Wildman–Crippen LogP) is 2.46. The molecule has 2 rings (SSSR count). The zero-order valence-electron chi connectivity index (χ0n) is 16.0. The van der Waals surface area contributed by atoms with Gasteiger partial charge in [-0.3, -0.25) is 4.31 Å². The summed E-state index contributed by atoms with van der Waals surface area (Å²) < 4.78 is 60.7. The molecule has 0 amide bonds. The second-order valence-electron chi connectivity index (χ2n) is 5.48. The van der Waals surface area contributed by atoms with E-state index in [4.69, 9.17) is 18.9 Å². The number of esters is 1. The van der Waals surface area contributed by atoms with Crippen molar-refractivity contribution >= 4 is 21.7 Å². The zero-order chi connectivity index (χ0) is 21.1. The van der Waals surface area contributed by atoms with Crippen LogP contribution in [0.2, 0.25) is 0 Å². The second-order valence-corrected chi connectivity index (χ2v) is 7.45. The third kappa shape index (κ3) is 3.81. The van der Waals surface area contributed by atoms with Gasteiger partial charge >= 0.3 is 5.97 Å². The molecule has 0 fully saturated rings. The SMILES string of the molecule is COC(=O)c1cc(OC)c(OC)cc1N(C)S(=O)(=O)c1ccc(OC)c(F)c1. The van der Waals surface area contributed by atoms with Crippen LogP contribution >= 0.6 is 0 Å². The highest BCUT2D eigenvalue weighted by Gasteiger charge is 2.28. The molecule has 0 radical (unpaired) electrons. The lowest BCUT2D eigenvalue weighted by Gasteiger charge is -2.23. The van der Waals surface area contributed by atoms with E-state index >= 15 is 0 Å². The van der Waals surface area contributed by atoms with Crippen molar-refractivity contribution in [1.29, 1.82) is 0 Å². The molecule has 0 saturated carbocycles. The number of carbonyl (C=O) groups is 1. The number of carbonyl (C=O) groups excluding carboxylic acids is 1. The van der Waals surface area contributed by atoms with Gasteiger partial charge < -0.3 is 18.9 Å². The molecule has 0 aliphatic carbocycles. The number of sulfonamides is 1. The highest BCUT2D eigenvalue weighted by atomic mass is 32.2. The van der Waals surface area contributed by atoms with Gasteiger partial charge in [-0.2, -0.15) is 0 Å². The van der Waals surface area contributed by atoms with E-state index in [2.05, 4.69) is 0 Å². The summed E-state index contributed by atoms with van der Waals surface area (Å²) in [6.07, 6.45) is 0. The molecule has 0 heterocycles. The maximum absolute atomic E-state index is 14.0. The number of benzene rings is 2. The van der Waals surface area contributed by atoms with Crippen molar-refractivity contribution in [2.75, 3.05) is 39.8 Å². The van der Waals surface area contributed by atoms with E-state index in [-0.39, 0.29) is 33.4 Å². The fourth-order valence-electron chi connectivity index (χ4n) is 2.50. The molecular formula is C18H20FNO7S. The Hall–Kier alpha value is -3.01. The van der Waals surface area contributed by atoms with Gasteiger partial charge in [0.15, 0.2) is 23.1 Å². The molecule has 0 saturated heterocycles. The summed E-state index contributed by atoms with van der Waals surface area (Å²) in [6, 6.07) is 5.87. The van der Waals surface area contributed by atoms with E-state index in [1.165, 1.54) is 52.6 Å². The number of ether oxygens (including phenoxy) is 4. The fourth-order valence-corrected chi connectivity index (χ4v) is 3.72. The van der Waals surface area contributed by atoms with Gasteiger partial charge in [-0.05, 0) is 18.2 Å². The number of hydrogen-bond acceptors (Lipinski definition) is 7. The quantitative estimate of drug-likeness (QED) is 0.644. The second kappa shape index (κ2) is 8.34. The van der Waals surface area contributed by atoms with Crippen LogP contribution in [0.25, 0.3) is 0 Å². The largest absolute Gasteiger partial charge is 0.494 e. The van der Waals surface area contributed by atoms with Gasteiger partial charge in [0.1, 0.15) is 0 Å². The first-order chi connectivity index (χ1) is 13.2. The zero-order valence-corrected chi connectivity index (χ0v) is 16.8. The van der Waals surface area contributed by atoms with Gasteiger partial charge in [-0.25, -0.2) is 17.6 Å². The highest BCUT2D eigenvalue weighted by molar-refractivity contribution is 7.92. The van der Waals surface area contributed by atoms with E-state index < -0.39 is 21.8 Å². The number of anilines is 1. The molecule has 8 nitrogen and oxygen atoms in total. The topological polar surface area (TPSA) is 91.4 Å². The first kappa shape index (κ1) is 21.3. The van der Waals surface area contributed by atoms with Gasteiger partial charge in [0.2, 0.25) is 0 Å². The molecular weight excluding hydrogens is 393 g/mol. The minimum atomic E-state index is -4.21. The standard InChI is InChI=1S/C18H20FNO7S/c1-20(28(22,23)11-6-7-15(24-2)13(19)8-11)14-10-17(26-4)16(25-3)9-12(14)18(21)27-5/h6-10H,1-5H3. The van der Waals surface area contributed by atoms with Crippen molar-refractivity contribution in [3.63, 3.8) is 0 Å². The monoisotopic (exact) mass is 413 g/mol. The molecule has 0 aliphatic heterocycles.